The Morgan fingerprint density at radius 2 is 2.09 bits per heavy atom. The van der Waals surface area contributed by atoms with E-state index in [0.717, 1.165) is 25.1 Å². The number of hydrogen-bond donors (Lipinski definition) is 2. The maximum Gasteiger partial charge on any atom is 0.413 e. The van der Waals surface area contributed by atoms with E-state index in [2.05, 4.69) is 15.6 Å². The summed E-state index contributed by atoms with van der Waals surface area (Å²) in [6.07, 6.45) is 3.63. The quantitative estimate of drug-likeness (QED) is 0.872. The van der Waals surface area contributed by atoms with Gasteiger partial charge in [0.1, 0.15) is 11.4 Å². The number of rotatable bonds is 5. The molecule has 0 aliphatic heterocycles. The van der Waals surface area contributed by atoms with Gasteiger partial charge in [0, 0.05) is 12.6 Å². The molecule has 6 nitrogen and oxygen atoms in total. The van der Waals surface area contributed by atoms with E-state index in [1.165, 1.54) is 0 Å². The molecule has 0 aromatic carbocycles. The Bertz CT molecular complexity index is 490. The highest BCUT2D eigenvalue weighted by Gasteiger charge is 2.29. The molecule has 22 heavy (non-hydrogen) atoms. The maximum absolute atomic E-state index is 11.6. The van der Waals surface area contributed by atoms with Crippen LogP contribution in [0.15, 0.2) is 18.3 Å². The van der Waals surface area contributed by atoms with Crippen LogP contribution < -0.4 is 10.6 Å². The van der Waals surface area contributed by atoms with Crippen molar-refractivity contribution in [1.29, 1.82) is 0 Å². The zero-order valence-electron chi connectivity index (χ0n) is 13.7. The Morgan fingerprint density at radius 1 is 1.36 bits per heavy atom. The molecule has 1 saturated carbocycles. The summed E-state index contributed by atoms with van der Waals surface area (Å²) < 4.78 is 10.7. The van der Waals surface area contributed by atoms with Crippen LogP contribution in [0.1, 0.15) is 40.5 Å². The fourth-order valence-electron chi connectivity index (χ4n) is 2.25. The van der Waals surface area contributed by atoms with Gasteiger partial charge in [-0.05, 0) is 52.7 Å². The second kappa shape index (κ2) is 6.96. The van der Waals surface area contributed by atoms with Crippen LogP contribution in [0.3, 0.4) is 0 Å². The molecule has 1 aliphatic carbocycles. The first-order valence-corrected chi connectivity index (χ1v) is 7.70. The maximum atomic E-state index is 11.6. The smallest absolute Gasteiger partial charge is 0.413 e. The molecule has 6 heteroatoms. The van der Waals surface area contributed by atoms with Crippen LogP contribution >= 0.6 is 0 Å². The third kappa shape index (κ3) is 5.18. The normalized spacial score (nSPS) is 20.9. The number of aromatic nitrogens is 1. The monoisotopic (exact) mass is 307 g/mol. The Labute approximate surface area is 131 Å². The zero-order chi connectivity index (χ0) is 16.2. The van der Waals surface area contributed by atoms with Crippen LogP contribution in [0.25, 0.3) is 0 Å². The van der Waals surface area contributed by atoms with Crippen LogP contribution in [-0.4, -0.2) is 35.4 Å². The summed E-state index contributed by atoms with van der Waals surface area (Å²) in [4.78, 5) is 15.9. The molecule has 0 atom stereocenters. The number of carbonyl (C=O) groups is 1. The molecule has 0 saturated heterocycles. The number of nitrogens with one attached hydrogen (secondary N) is 2. The second-order valence-electron chi connectivity index (χ2n) is 6.45. The Morgan fingerprint density at radius 3 is 2.64 bits per heavy atom. The molecule has 1 aliphatic rings. The third-order valence-electron chi connectivity index (χ3n) is 3.26. The summed E-state index contributed by atoms with van der Waals surface area (Å²) in [6.45, 7) is 8.24. The summed E-state index contributed by atoms with van der Waals surface area (Å²) in [5, 5.41) is 6.01. The number of carbonyl (C=O) groups excluding carboxylic acids is 1. The van der Waals surface area contributed by atoms with Crippen molar-refractivity contribution < 1.29 is 14.3 Å². The molecule has 0 spiro atoms. The largest absolute Gasteiger partial charge is 0.444 e. The van der Waals surface area contributed by atoms with Gasteiger partial charge in [-0.3, -0.25) is 5.32 Å². The SMILES string of the molecule is CCOC1CC(Nc2ccc(NC(=O)OC(C)(C)C)nc2)C1. The number of amides is 1. The van der Waals surface area contributed by atoms with E-state index in [0.29, 0.717) is 18.0 Å². The first-order valence-electron chi connectivity index (χ1n) is 7.70. The summed E-state index contributed by atoms with van der Waals surface area (Å²) >= 11 is 0. The topological polar surface area (TPSA) is 72.5 Å². The second-order valence-corrected chi connectivity index (χ2v) is 6.45. The van der Waals surface area contributed by atoms with Gasteiger partial charge < -0.3 is 14.8 Å². The molecule has 2 rings (SSSR count). The predicted octanol–water partition coefficient (Wildman–Crippen LogP) is 3.41. The number of ether oxygens (including phenoxy) is 2. The number of nitrogens with zero attached hydrogens (tertiary/aromatic N) is 1. The Kier molecular flexibility index (Phi) is 5.24. The van der Waals surface area contributed by atoms with Gasteiger partial charge in [-0.25, -0.2) is 9.78 Å². The lowest BCUT2D eigenvalue weighted by molar-refractivity contribution is 0.00298. The van der Waals surface area contributed by atoms with E-state index in [9.17, 15) is 4.79 Å². The lowest BCUT2D eigenvalue weighted by Gasteiger charge is -2.35. The average Bonchev–Trinajstić information content (AvgIpc) is 2.36. The van der Waals surface area contributed by atoms with Crippen LogP contribution in [-0.2, 0) is 9.47 Å². The van der Waals surface area contributed by atoms with Gasteiger partial charge in [-0.1, -0.05) is 0 Å². The van der Waals surface area contributed by atoms with E-state index in [4.69, 9.17) is 9.47 Å². The van der Waals surface area contributed by atoms with E-state index >= 15 is 0 Å². The minimum Gasteiger partial charge on any atom is -0.444 e. The molecule has 0 unspecified atom stereocenters. The minimum atomic E-state index is -0.521. The zero-order valence-corrected chi connectivity index (χ0v) is 13.7. The van der Waals surface area contributed by atoms with Gasteiger partial charge in [0.15, 0.2) is 0 Å². The van der Waals surface area contributed by atoms with Crippen molar-refractivity contribution in [2.45, 2.75) is 58.3 Å². The highest BCUT2D eigenvalue weighted by molar-refractivity contribution is 5.83. The lowest BCUT2D eigenvalue weighted by atomic mass is 9.89. The first-order chi connectivity index (χ1) is 10.4. The van der Waals surface area contributed by atoms with Crippen molar-refractivity contribution in [3.8, 4) is 0 Å². The van der Waals surface area contributed by atoms with E-state index in [-0.39, 0.29) is 0 Å². The summed E-state index contributed by atoms with van der Waals surface area (Å²) in [6, 6.07) is 4.08. The van der Waals surface area contributed by atoms with E-state index in [1.807, 2.05) is 33.8 Å². The van der Waals surface area contributed by atoms with Crippen LogP contribution in [0.5, 0.6) is 0 Å². The van der Waals surface area contributed by atoms with Gasteiger partial charge in [0.25, 0.3) is 0 Å². The van der Waals surface area contributed by atoms with Crippen LogP contribution in [0, 0.1) is 0 Å². The van der Waals surface area contributed by atoms with Crippen molar-refractivity contribution in [2.75, 3.05) is 17.2 Å². The fourth-order valence-corrected chi connectivity index (χ4v) is 2.25. The average molecular weight is 307 g/mol. The van der Waals surface area contributed by atoms with Crippen molar-refractivity contribution in [1.82, 2.24) is 4.98 Å². The number of anilines is 2. The van der Waals surface area contributed by atoms with Gasteiger partial charge in [-0.2, -0.15) is 0 Å². The van der Waals surface area contributed by atoms with Crippen LogP contribution in [0.4, 0.5) is 16.3 Å². The molecule has 0 bridgehead atoms. The van der Waals surface area contributed by atoms with Crippen LogP contribution in [0.2, 0.25) is 0 Å². The Hall–Kier alpha value is -1.82. The highest BCUT2D eigenvalue weighted by atomic mass is 16.6. The predicted molar refractivity (Wildman–Crippen MR) is 86.2 cm³/mol. The van der Waals surface area contributed by atoms with Crippen molar-refractivity contribution in [3.05, 3.63) is 18.3 Å². The molecule has 1 amide bonds. The first kappa shape index (κ1) is 16.5. The summed E-state index contributed by atoms with van der Waals surface area (Å²) in [5.74, 6) is 0.473. The standard InChI is InChI=1S/C16H25N3O3/c1-5-21-13-8-12(9-13)18-11-6-7-14(17-10-11)19-15(20)22-16(2,3)4/h6-7,10,12-13,18H,5,8-9H2,1-4H3,(H,17,19,20). The lowest BCUT2D eigenvalue weighted by Crippen LogP contribution is -2.40. The van der Waals surface area contributed by atoms with Gasteiger partial charge in [0.2, 0.25) is 0 Å². The minimum absolute atomic E-state index is 0.378. The number of hydrogen-bond acceptors (Lipinski definition) is 5. The fraction of sp³-hybridized carbons (Fsp3) is 0.625. The van der Waals surface area contributed by atoms with Crippen molar-refractivity contribution in [2.24, 2.45) is 0 Å². The van der Waals surface area contributed by atoms with Crippen molar-refractivity contribution in [3.63, 3.8) is 0 Å². The third-order valence-corrected chi connectivity index (χ3v) is 3.26. The van der Waals surface area contributed by atoms with Gasteiger partial charge >= 0.3 is 6.09 Å². The van der Waals surface area contributed by atoms with Gasteiger partial charge in [-0.15, -0.1) is 0 Å². The molecule has 2 N–H and O–H groups in total. The number of pyridine rings is 1. The molecular weight excluding hydrogens is 282 g/mol. The molecule has 0 radical (unpaired) electrons. The molecular formula is C16H25N3O3. The molecule has 1 aromatic heterocycles. The van der Waals surface area contributed by atoms with Crippen molar-refractivity contribution >= 4 is 17.6 Å². The Balaban J connectivity index is 1.77. The summed E-state index contributed by atoms with van der Waals surface area (Å²) in [7, 11) is 0. The molecule has 1 aromatic rings. The highest BCUT2D eigenvalue weighted by Crippen LogP contribution is 2.26. The molecule has 1 heterocycles. The van der Waals surface area contributed by atoms with E-state index in [1.54, 1.807) is 12.3 Å². The molecule has 1 fully saturated rings. The van der Waals surface area contributed by atoms with E-state index < -0.39 is 11.7 Å². The summed E-state index contributed by atoms with van der Waals surface area (Å²) in [5.41, 5.74) is 0.419. The van der Waals surface area contributed by atoms with Gasteiger partial charge in [0.05, 0.1) is 18.0 Å². The molecule has 122 valence electrons.